The summed E-state index contributed by atoms with van der Waals surface area (Å²) in [7, 11) is 1.94. The number of benzene rings is 3. The van der Waals surface area contributed by atoms with Crippen LogP contribution in [0.3, 0.4) is 0 Å². The van der Waals surface area contributed by atoms with Crippen molar-refractivity contribution in [1.82, 2.24) is 14.8 Å². The molecule has 0 aliphatic rings. The van der Waals surface area contributed by atoms with Crippen LogP contribution in [-0.2, 0) is 19.4 Å². The van der Waals surface area contributed by atoms with Gasteiger partial charge in [0.2, 0.25) is 0 Å². The summed E-state index contributed by atoms with van der Waals surface area (Å²) in [6.07, 6.45) is 0. The highest BCUT2D eigenvalue weighted by molar-refractivity contribution is 9.10. The zero-order valence-electron chi connectivity index (χ0n) is 18.3. The number of hydrogen-bond acceptors (Lipinski definition) is 5. The second kappa shape index (κ2) is 10.7. The van der Waals surface area contributed by atoms with Crippen LogP contribution in [0.5, 0.6) is 5.75 Å². The molecule has 6 nitrogen and oxygen atoms in total. The molecule has 1 aromatic heterocycles. The highest BCUT2D eigenvalue weighted by atomic mass is 79.9. The van der Waals surface area contributed by atoms with Crippen LogP contribution in [0, 0.1) is 6.92 Å². The van der Waals surface area contributed by atoms with Gasteiger partial charge in [-0.05, 0) is 60.5 Å². The number of aromatic nitrogens is 3. The van der Waals surface area contributed by atoms with Crippen LogP contribution in [0.1, 0.15) is 27.3 Å². The maximum Gasteiger partial charge on any atom is 0.255 e. The van der Waals surface area contributed by atoms with Gasteiger partial charge >= 0.3 is 0 Å². The van der Waals surface area contributed by atoms with Gasteiger partial charge in [0.1, 0.15) is 12.4 Å². The van der Waals surface area contributed by atoms with E-state index < -0.39 is 0 Å². The quantitative estimate of drug-likeness (QED) is 0.287. The van der Waals surface area contributed by atoms with Crippen LogP contribution in [0.2, 0.25) is 0 Å². The fourth-order valence-electron chi connectivity index (χ4n) is 3.09. The number of carbonyl (C=O) groups excluding carboxylic acids is 1. The molecule has 0 saturated heterocycles. The molecule has 33 heavy (non-hydrogen) atoms. The molecule has 1 N–H and O–H groups in total. The Morgan fingerprint density at radius 3 is 2.48 bits per heavy atom. The van der Waals surface area contributed by atoms with E-state index in [2.05, 4.69) is 31.4 Å². The number of halogens is 1. The van der Waals surface area contributed by atoms with Gasteiger partial charge in [-0.25, -0.2) is 0 Å². The molecule has 0 saturated carbocycles. The Morgan fingerprint density at radius 1 is 1.03 bits per heavy atom. The van der Waals surface area contributed by atoms with Gasteiger partial charge in [0, 0.05) is 28.5 Å². The zero-order chi connectivity index (χ0) is 23.2. The number of amides is 1. The van der Waals surface area contributed by atoms with E-state index in [0.29, 0.717) is 12.2 Å². The molecule has 0 atom stereocenters. The molecule has 0 bridgehead atoms. The average Bonchev–Trinajstić information content (AvgIpc) is 3.18. The fourth-order valence-corrected chi connectivity index (χ4v) is 4.24. The van der Waals surface area contributed by atoms with Gasteiger partial charge in [-0.15, -0.1) is 10.2 Å². The Morgan fingerprint density at radius 2 is 1.76 bits per heavy atom. The van der Waals surface area contributed by atoms with Crippen molar-refractivity contribution < 1.29 is 9.53 Å². The summed E-state index contributed by atoms with van der Waals surface area (Å²) in [5, 5.41) is 12.3. The lowest BCUT2D eigenvalue weighted by molar-refractivity contribution is 0.102. The minimum Gasteiger partial charge on any atom is -0.485 e. The number of nitrogens with zero attached hydrogens (tertiary/aromatic N) is 3. The summed E-state index contributed by atoms with van der Waals surface area (Å²) in [5.74, 6) is 2.20. The lowest BCUT2D eigenvalue weighted by Crippen LogP contribution is -2.11. The molecule has 1 heterocycles. The van der Waals surface area contributed by atoms with E-state index in [1.807, 2.05) is 91.3 Å². The van der Waals surface area contributed by atoms with Crippen LogP contribution in [-0.4, -0.2) is 20.7 Å². The van der Waals surface area contributed by atoms with Gasteiger partial charge in [-0.3, -0.25) is 4.79 Å². The molecule has 0 fully saturated rings. The first kappa shape index (κ1) is 23.1. The smallest absolute Gasteiger partial charge is 0.255 e. The SMILES string of the molecule is Cc1ccccc1OCc1nnc(SCc2ccc(C(=O)Nc3ccc(Br)cc3)cc2)n1C. The van der Waals surface area contributed by atoms with Crippen molar-refractivity contribution >= 4 is 39.3 Å². The van der Waals surface area contributed by atoms with Gasteiger partial charge in [-0.1, -0.05) is 58.0 Å². The van der Waals surface area contributed by atoms with Crippen molar-refractivity contribution in [2.75, 3.05) is 5.32 Å². The van der Waals surface area contributed by atoms with Gasteiger partial charge in [0.05, 0.1) is 0 Å². The van der Waals surface area contributed by atoms with Crippen molar-refractivity contribution in [3.63, 3.8) is 0 Å². The van der Waals surface area contributed by atoms with E-state index in [0.717, 1.165) is 43.8 Å². The molecule has 0 aliphatic carbocycles. The molecular weight excluding hydrogens is 500 g/mol. The second-order valence-corrected chi connectivity index (χ2v) is 9.32. The standard InChI is InChI=1S/C25H23BrN4O2S/c1-17-5-3-4-6-22(17)32-15-23-28-29-25(30(23)2)33-16-18-7-9-19(10-8-18)24(31)27-21-13-11-20(26)12-14-21/h3-14H,15-16H2,1-2H3,(H,27,31). The van der Waals surface area contributed by atoms with Crippen LogP contribution in [0.25, 0.3) is 0 Å². The molecule has 168 valence electrons. The van der Waals surface area contributed by atoms with Crippen molar-refractivity contribution in [1.29, 1.82) is 0 Å². The van der Waals surface area contributed by atoms with Crippen molar-refractivity contribution in [2.24, 2.45) is 7.05 Å². The zero-order valence-corrected chi connectivity index (χ0v) is 20.7. The highest BCUT2D eigenvalue weighted by Crippen LogP contribution is 2.23. The summed E-state index contributed by atoms with van der Waals surface area (Å²) in [5.41, 5.74) is 3.55. The van der Waals surface area contributed by atoms with Gasteiger partial charge in [0.25, 0.3) is 5.91 Å². The van der Waals surface area contributed by atoms with Crippen LogP contribution in [0.4, 0.5) is 5.69 Å². The minimum atomic E-state index is -0.136. The lowest BCUT2D eigenvalue weighted by Gasteiger charge is -2.09. The molecule has 4 rings (SSSR count). The number of aryl methyl sites for hydroxylation is 1. The molecule has 0 unspecified atom stereocenters. The van der Waals surface area contributed by atoms with Crippen LogP contribution >= 0.6 is 27.7 Å². The largest absolute Gasteiger partial charge is 0.485 e. The number of hydrogen-bond donors (Lipinski definition) is 1. The van der Waals surface area contributed by atoms with E-state index in [9.17, 15) is 4.79 Å². The predicted molar refractivity (Wildman–Crippen MR) is 135 cm³/mol. The van der Waals surface area contributed by atoms with E-state index in [1.54, 1.807) is 11.8 Å². The van der Waals surface area contributed by atoms with Gasteiger partial charge < -0.3 is 14.6 Å². The van der Waals surface area contributed by atoms with Crippen molar-refractivity contribution in [3.05, 3.63) is 99.8 Å². The first-order valence-electron chi connectivity index (χ1n) is 10.3. The summed E-state index contributed by atoms with van der Waals surface area (Å²) in [6, 6.07) is 23.0. The molecule has 1 amide bonds. The number of para-hydroxylation sites is 1. The third-order valence-corrected chi connectivity index (χ3v) is 6.68. The monoisotopic (exact) mass is 522 g/mol. The summed E-state index contributed by atoms with van der Waals surface area (Å²) >= 11 is 4.98. The summed E-state index contributed by atoms with van der Waals surface area (Å²) in [6.45, 7) is 2.38. The Balaban J connectivity index is 1.31. The highest BCUT2D eigenvalue weighted by Gasteiger charge is 2.11. The Kier molecular flexibility index (Phi) is 7.47. The molecule has 0 radical (unpaired) electrons. The van der Waals surface area contributed by atoms with Gasteiger partial charge in [0.15, 0.2) is 11.0 Å². The Labute approximate surface area is 205 Å². The molecule has 0 aliphatic heterocycles. The predicted octanol–water partition coefficient (Wildman–Crippen LogP) is 6.01. The number of carbonyl (C=O) groups is 1. The van der Waals surface area contributed by atoms with Crippen LogP contribution in [0.15, 0.2) is 82.4 Å². The van der Waals surface area contributed by atoms with E-state index in [1.165, 1.54) is 0 Å². The first-order valence-corrected chi connectivity index (χ1v) is 12.1. The van der Waals surface area contributed by atoms with Crippen LogP contribution < -0.4 is 10.1 Å². The summed E-state index contributed by atoms with van der Waals surface area (Å²) in [4.78, 5) is 12.5. The maximum absolute atomic E-state index is 12.5. The molecule has 8 heteroatoms. The average molecular weight is 523 g/mol. The maximum atomic E-state index is 12.5. The minimum absolute atomic E-state index is 0.136. The number of anilines is 1. The number of nitrogens with one attached hydrogen (secondary N) is 1. The number of rotatable bonds is 8. The Bertz CT molecular complexity index is 1240. The topological polar surface area (TPSA) is 69.0 Å². The fraction of sp³-hybridized carbons (Fsp3) is 0.160. The van der Waals surface area contributed by atoms with Gasteiger partial charge in [-0.2, -0.15) is 0 Å². The van der Waals surface area contributed by atoms with E-state index >= 15 is 0 Å². The normalized spacial score (nSPS) is 10.8. The number of ether oxygens (including phenoxy) is 1. The third-order valence-electron chi connectivity index (χ3n) is 5.06. The van der Waals surface area contributed by atoms with E-state index in [4.69, 9.17) is 4.74 Å². The second-order valence-electron chi connectivity index (χ2n) is 7.46. The first-order chi connectivity index (χ1) is 16.0. The summed E-state index contributed by atoms with van der Waals surface area (Å²) < 4.78 is 8.81. The molecule has 0 spiro atoms. The lowest BCUT2D eigenvalue weighted by atomic mass is 10.1. The van der Waals surface area contributed by atoms with Crippen molar-refractivity contribution in [3.8, 4) is 5.75 Å². The molecular formula is C25H23BrN4O2S. The third kappa shape index (κ3) is 6.03. The van der Waals surface area contributed by atoms with Crippen molar-refractivity contribution in [2.45, 2.75) is 24.4 Å². The van der Waals surface area contributed by atoms with E-state index in [-0.39, 0.29) is 5.91 Å². The molecule has 3 aromatic carbocycles. The Hall–Kier alpha value is -3.10. The number of thioether (sulfide) groups is 1. The molecule has 4 aromatic rings.